The van der Waals surface area contributed by atoms with Gasteiger partial charge in [-0.15, -0.1) is 0 Å². The lowest BCUT2D eigenvalue weighted by Crippen LogP contribution is -2.63. The molecule has 0 radical (unpaired) electrons. The van der Waals surface area contributed by atoms with E-state index in [0.29, 0.717) is 12.2 Å². The first-order valence-corrected chi connectivity index (χ1v) is 12.1. The molecule has 1 aromatic rings. The summed E-state index contributed by atoms with van der Waals surface area (Å²) in [6.45, 7) is 9.23. The van der Waals surface area contributed by atoms with Crippen molar-refractivity contribution in [2.24, 2.45) is 11.8 Å². The molecule has 35 heavy (non-hydrogen) atoms. The molecule has 0 saturated heterocycles. The number of aliphatic hydroxyl groups excluding tert-OH is 1. The summed E-state index contributed by atoms with van der Waals surface area (Å²) in [7, 11) is 3.40. The molecule has 1 aromatic carbocycles. The first-order chi connectivity index (χ1) is 16.5. The highest BCUT2D eigenvalue weighted by Crippen LogP contribution is 2.21. The average molecular weight is 489 g/mol. The first kappa shape index (κ1) is 28.3. The lowest BCUT2D eigenvalue weighted by molar-refractivity contribution is -0.138. The van der Waals surface area contributed by atoms with Crippen LogP contribution in [0.3, 0.4) is 0 Å². The monoisotopic (exact) mass is 488 g/mol. The summed E-state index contributed by atoms with van der Waals surface area (Å²) < 4.78 is 6.23. The van der Waals surface area contributed by atoms with E-state index in [1.54, 1.807) is 44.1 Å². The van der Waals surface area contributed by atoms with Gasteiger partial charge in [0.1, 0.15) is 30.0 Å². The number of ether oxygens (including phenoxy) is 1. The molecule has 0 saturated carbocycles. The van der Waals surface area contributed by atoms with Gasteiger partial charge in [0.05, 0.1) is 6.10 Å². The van der Waals surface area contributed by atoms with E-state index in [1.165, 1.54) is 6.20 Å². The number of rotatable bonds is 7. The molecule has 2 aliphatic rings. The number of likely N-dealkylation sites (N-methyl/N-ethyl adjacent to an activating group) is 1. The maximum atomic E-state index is 13.5. The minimum absolute atomic E-state index is 0.166. The van der Waals surface area contributed by atoms with Crippen LogP contribution in [-0.4, -0.2) is 72.2 Å². The van der Waals surface area contributed by atoms with Crippen molar-refractivity contribution in [3.8, 4) is 5.75 Å². The Kier molecular flexibility index (Phi) is 10.3. The molecule has 2 aliphatic heterocycles. The number of carbonyl (C=O) groups is 3. The standard InChI is InChI=1S/C26H40N4O5/c1-8-19-24(32)27-14-13-17-9-11-18(12-10-17)35-23(16(4)5)20(25(33)28-19)29-26(34)21(30(6)7)22(31)15(2)3/h9-16,19-23,31H,8H2,1-7H3,(H,27,32)(H,28,33)(H,29,34)/t19-,20-,21+,22-,23-/m1/s1. The van der Waals surface area contributed by atoms with E-state index in [9.17, 15) is 19.5 Å². The van der Waals surface area contributed by atoms with Crippen molar-refractivity contribution in [3.05, 3.63) is 36.0 Å². The van der Waals surface area contributed by atoms with Crippen LogP contribution in [0.4, 0.5) is 0 Å². The highest BCUT2D eigenvalue weighted by molar-refractivity contribution is 5.94. The molecule has 3 rings (SSSR count). The van der Waals surface area contributed by atoms with Crippen LogP contribution in [0, 0.1) is 11.8 Å². The second-order valence-corrected chi connectivity index (χ2v) is 9.84. The number of amides is 3. The Morgan fingerprint density at radius 3 is 2.26 bits per heavy atom. The second-order valence-electron chi connectivity index (χ2n) is 9.84. The zero-order valence-corrected chi connectivity index (χ0v) is 21.7. The predicted octanol–water partition coefficient (Wildman–Crippen LogP) is 1.52. The van der Waals surface area contributed by atoms with Crippen molar-refractivity contribution in [2.75, 3.05) is 14.1 Å². The van der Waals surface area contributed by atoms with Gasteiger partial charge in [0.15, 0.2) is 0 Å². The quantitative estimate of drug-likeness (QED) is 0.462. The van der Waals surface area contributed by atoms with Gasteiger partial charge in [-0.3, -0.25) is 19.3 Å². The summed E-state index contributed by atoms with van der Waals surface area (Å²) in [5, 5.41) is 19.0. The molecule has 194 valence electrons. The van der Waals surface area contributed by atoms with Crippen molar-refractivity contribution in [3.63, 3.8) is 0 Å². The maximum Gasteiger partial charge on any atom is 0.247 e. The molecular formula is C26H40N4O5. The van der Waals surface area contributed by atoms with Gasteiger partial charge in [0.2, 0.25) is 17.7 Å². The summed E-state index contributed by atoms with van der Waals surface area (Å²) in [4.78, 5) is 41.2. The summed E-state index contributed by atoms with van der Waals surface area (Å²) in [6, 6.07) is 4.45. The Morgan fingerprint density at radius 1 is 1.11 bits per heavy atom. The molecule has 0 fully saturated rings. The number of nitrogens with one attached hydrogen (secondary N) is 3. The van der Waals surface area contributed by atoms with E-state index < -0.39 is 42.1 Å². The summed E-state index contributed by atoms with van der Waals surface area (Å²) in [5.74, 6) is -1.19. The molecule has 2 heterocycles. The van der Waals surface area contributed by atoms with E-state index >= 15 is 0 Å². The van der Waals surface area contributed by atoms with Gasteiger partial charge in [-0.2, -0.15) is 0 Å². The van der Waals surface area contributed by atoms with Crippen molar-refractivity contribution in [1.29, 1.82) is 0 Å². The lowest BCUT2D eigenvalue weighted by atomic mass is 9.95. The molecule has 9 nitrogen and oxygen atoms in total. The first-order valence-electron chi connectivity index (χ1n) is 12.1. The molecular weight excluding hydrogens is 448 g/mol. The third-order valence-electron chi connectivity index (χ3n) is 6.09. The van der Waals surface area contributed by atoms with E-state index in [1.807, 2.05) is 39.8 Å². The summed E-state index contributed by atoms with van der Waals surface area (Å²) >= 11 is 0. The van der Waals surface area contributed by atoms with Crippen LogP contribution in [-0.2, 0) is 14.4 Å². The fourth-order valence-corrected chi connectivity index (χ4v) is 3.93. The van der Waals surface area contributed by atoms with Crippen molar-refractivity contribution in [2.45, 2.75) is 71.4 Å². The molecule has 9 heteroatoms. The van der Waals surface area contributed by atoms with Gasteiger partial charge < -0.3 is 25.8 Å². The lowest BCUT2D eigenvalue weighted by Gasteiger charge is -2.35. The SMILES string of the molecule is CC[C@H]1NC(=O)[C@H](NC(=O)[C@H]([C@H](O)C(C)C)N(C)C)[C@@H](C(C)C)Oc2ccc(cc2)C=CNC1=O. The van der Waals surface area contributed by atoms with Gasteiger partial charge in [-0.1, -0.05) is 46.8 Å². The molecule has 0 aromatic heterocycles. The fraction of sp³-hybridized carbons (Fsp3) is 0.577. The van der Waals surface area contributed by atoms with Crippen LogP contribution in [0.15, 0.2) is 30.5 Å². The van der Waals surface area contributed by atoms with E-state index in [4.69, 9.17) is 4.74 Å². The number of hydrogen-bond acceptors (Lipinski definition) is 6. The molecule has 4 N–H and O–H groups in total. The molecule has 0 spiro atoms. The number of carbonyl (C=O) groups excluding carboxylic acids is 3. The third-order valence-corrected chi connectivity index (χ3v) is 6.09. The van der Waals surface area contributed by atoms with Gasteiger partial charge in [0.25, 0.3) is 0 Å². The van der Waals surface area contributed by atoms with Gasteiger partial charge in [-0.25, -0.2) is 0 Å². The Labute approximate surface area is 208 Å². The number of hydrogen-bond donors (Lipinski definition) is 4. The number of aliphatic hydroxyl groups is 1. The minimum Gasteiger partial charge on any atom is -0.487 e. The zero-order chi connectivity index (χ0) is 26.3. The third kappa shape index (κ3) is 7.53. The van der Waals surface area contributed by atoms with Crippen LogP contribution < -0.4 is 20.7 Å². The van der Waals surface area contributed by atoms with E-state index in [2.05, 4.69) is 16.0 Å². The highest BCUT2D eigenvalue weighted by atomic mass is 16.5. The molecule has 2 bridgehead atoms. The molecule has 3 amide bonds. The van der Waals surface area contributed by atoms with Crippen LogP contribution in [0.5, 0.6) is 5.75 Å². The molecule has 5 atom stereocenters. The highest BCUT2D eigenvalue weighted by Gasteiger charge is 2.39. The topological polar surface area (TPSA) is 120 Å². The van der Waals surface area contributed by atoms with Crippen molar-refractivity contribution < 1.29 is 24.2 Å². The Morgan fingerprint density at radius 2 is 1.74 bits per heavy atom. The summed E-state index contributed by atoms with van der Waals surface area (Å²) in [6.07, 6.45) is 1.97. The number of nitrogens with zero attached hydrogens (tertiary/aromatic N) is 1. The number of fused-ring (bicyclic) bond motifs is 10. The van der Waals surface area contributed by atoms with Crippen LogP contribution >= 0.6 is 0 Å². The number of benzene rings is 1. The van der Waals surface area contributed by atoms with Crippen molar-refractivity contribution >= 4 is 23.8 Å². The fourth-order valence-electron chi connectivity index (χ4n) is 3.93. The van der Waals surface area contributed by atoms with Gasteiger partial charge in [-0.05, 0) is 56.1 Å². The Balaban J connectivity index is 2.49. The van der Waals surface area contributed by atoms with Crippen molar-refractivity contribution in [1.82, 2.24) is 20.9 Å². The van der Waals surface area contributed by atoms with Crippen LogP contribution in [0.1, 0.15) is 46.6 Å². The van der Waals surface area contributed by atoms with Gasteiger partial charge in [0, 0.05) is 6.20 Å². The molecule has 0 unspecified atom stereocenters. The predicted molar refractivity (Wildman–Crippen MR) is 135 cm³/mol. The normalized spacial score (nSPS) is 22.9. The largest absolute Gasteiger partial charge is 0.487 e. The maximum absolute atomic E-state index is 13.5. The second kappa shape index (κ2) is 12.7. The Bertz CT molecular complexity index is 898. The van der Waals surface area contributed by atoms with Crippen LogP contribution in [0.25, 0.3) is 6.08 Å². The zero-order valence-electron chi connectivity index (χ0n) is 21.7. The molecule has 0 aliphatic carbocycles. The summed E-state index contributed by atoms with van der Waals surface area (Å²) in [5.41, 5.74) is 0.870. The van der Waals surface area contributed by atoms with E-state index in [0.717, 1.165) is 5.56 Å². The Hall–Kier alpha value is -2.91. The van der Waals surface area contributed by atoms with Crippen LogP contribution in [0.2, 0.25) is 0 Å². The smallest absolute Gasteiger partial charge is 0.247 e. The van der Waals surface area contributed by atoms with Gasteiger partial charge >= 0.3 is 0 Å². The minimum atomic E-state index is -1.11. The van der Waals surface area contributed by atoms with E-state index in [-0.39, 0.29) is 17.7 Å². The average Bonchev–Trinajstić information content (AvgIpc) is 2.79.